The molecular weight excluding hydrogens is 240 g/mol. The molecule has 0 radical (unpaired) electrons. The number of carbonyl (C=O) groups excluding carboxylic acids is 1. The highest BCUT2D eigenvalue weighted by Crippen LogP contribution is 2.15. The smallest absolute Gasteiger partial charge is 0.307 e. The predicted molar refractivity (Wildman–Crippen MR) is 63.1 cm³/mol. The topological polar surface area (TPSA) is 99.3 Å². The number of carbonyl (C=O) groups is 1. The summed E-state index contributed by atoms with van der Waals surface area (Å²) in [5.41, 5.74) is -0.127. The van der Waals surface area contributed by atoms with E-state index >= 15 is 0 Å². The van der Waals surface area contributed by atoms with Crippen LogP contribution in [0.3, 0.4) is 0 Å². The highest BCUT2D eigenvalue weighted by molar-refractivity contribution is 5.80. The molecule has 18 heavy (non-hydrogen) atoms. The SMILES string of the molecule is CCC(C(=O)NCCOC)n1cc([N+](=O)[O-])cn1. The fraction of sp³-hybridized carbons (Fsp3) is 0.600. The van der Waals surface area contributed by atoms with Gasteiger partial charge in [0.2, 0.25) is 5.91 Å². The van der Waals surface area contributed by atoms with E-state index in [2.05, 4.69) is 10.4 Å². The zero-order chi connectivity index (χ0) is 13.5. The molecule has 1 aromatic rings. The lowest BCUT2D eigenvalue weighted by Crippen LogP contribution is -2.34. The minimum absolute atomic E-state index is 0.127. The molecule has 0 aliphatic heterocycles. The maximum Gasteiger partial charge on any atom is 0.307 e. The number of nitrogens with one attached hydrogen (secondary N) is 1. The molecule has 8 nitrogen and oxygen atoms in total. The van der Waals surface area contributed by atoms with Crippen molar-refractivity contribution in [3.8, 4) is 0 Å². The van der Waals surface area contributed by atoms with E-state index in [1.165, 1.54) is 10.9 Å². The first-order chi connectivity index (χ1) is 8.60. The summed E-state index contributed by atoms with van der Waals surface area (Å²) in [5, 5.41) is 17.1. The van der Waals surface area contributed by atoms with Crippen molar-refractivity contribution in [1.29, 1.82) is 0 Å². The van der Waals surface area contributed by atoms with E-state index in [4.69, 9.17) is 4.74 Å². The van der Waals surface area contributed by atoms with Gasteiger partial charge in [-0.3, -0.25) is 19.6 Å². The summed E-state index contributed by atoms with van der Waals surface area (Å²) in [4.78, 5) is 21.8. The maximum absolute atomic E-state index is 11.8. The monoisotopic (exact) mass is 256 g/mol. The molecule has 1 rings (SSSR count). The summed E-state index contributed by atoms with van der Waals surface area (Å²) >= 11 is 0. The first kappa shape index (κ1) is 14.1. The molecule has 1 N–H and O–H groups in total. The van der Waals surface area contributed by atoms with Crippen LogP contribution in [0.4, 0.5) is 5.69 Å². The maximum atomic E-state index is 11.8. The van der Waals surface area contributed by atoms with E-state index in [9.17, 15) is 14.9 Å². The van der Waals surface area contributed by atoms with Crippen LogP contribution in [-0.2, 0) is 9.53 Å². The van der Waals surface area contributed by atoms with Gasteiger partial charge in [-0.25, -0.2) is 0 Å². The van der Waals surface area contributed by atoms with Crippen molar-refractivity contribution >= 4 is 11.6 Å². The molecule has 0 bridgehead atoms. The normalized spacial score (nSPS) is 12.1. The van der Waals surface area contributed by atoms with Crippen LogP contribution in [0.5, 0.6) is 0 Å². The van der Waals surface area contributed by atoms with Gasteiger partial charge < -0.3 is 10.1 Å². The highest BCUT2D eigenvalue weighted by Gasteiger charge is 2.21. The third-order valence-electron chi connectivity index (χ3n) is 2.41. The molecule has 8 heteroatoms. The Bertz CT molecular complexity index is 418. The number of hydrogen-bond donors (Lipinski definition) is 1. The molecule has 0 aliphatic carbocycles. The standard InChI is InChI=1S/C10H16N4O4/c1-3-9(10(15)11-4-5-18-2)13-7-8(6-12-13)14(16)17/h6-7,9H,3-5H2,1-2H3,(H,11,15). The number of nitrogens with zero attached hydrogens (tertiary/aromatic N) is 3. The molecule has 100 valence electrons. The van der Waals surface area contributed by atoms with Gasteiger partial charge in [0, 0.05) is 13.7 Å². The summed E-state index contributed by atoms with van der Waals surface area (Å²) in [6, 6.07) is -0.546. The Morgan fingerprint density at radius 3 is 2.94 bits per heavy atom. The largest absolute Gasteiger partial charge is 0.383 e. The number of amides is 1. The fourth-order valence-corrected chi connectivity index (χ4v) is 1.48. The van der Waals surface area contributed by atoms with Crippen molar-refractivity contribution in [2.24, 2.45) is 0 Å². The number of methoxy groups -OCH3 is 1. The van der Waals surface area contributed by atoms with Gasteiger partial charge in [-0.1, -0.05) is 6.92 Å². The Morgan fingerprint density at radius 2 is 2.44 bits per heavy atom. The van der Waals surface area contributed by atoms with E-state index < -0.39 is 11.0 Å². The second-order valence-electron chi connectivity index (χ2n) is 3.64. The molecule has 1 atom stereocenters. The summed E-state index contributed by atoms with van der Waals surface area (Å²) in [5.74, 6) is -0.229. The zero-order valence-corrected chi connectivity index (χ0v) is 10.3. The molecule has 1 amide bonds. The van der Waals surface area contributed by atoms with Crippen LogP contribution in [0.2, 0.25) is 0 Å². The third-order valence-corrected chi connectivity index (χ3v) is 2.41. The van der Waals surface area contributed by atoms with Crippen molar-refractivity contribution in [3.05, 3.63) is 22.5 Å². The molecule has 0 saturated carbocycles. The van der Waals surface area contributed by atoms with Crippen LogP contribution < -0.4 is 5.32 Å². The molecular formula is C10H16N4O4. The summed E-state index contributed by atoms with van der Waals surface area (Å²) in [6.45, 7) is 2.63. The van der Waals surface area contributed by atoms with Crippen molar-refractivity contribution in [1.82, 2.24) is 15.1 Å². The van der Waals surface area contributed by atoms with E-state index in [0.717, 1.165) is 6.20 Å². The minimum atomic E-state index is -0.546. The molecule has 0 spiro atoms. The fourth-order valence-electron chi connectivity index (χ4n) is 1.48. The first-order valence-corrected chi connectivity index (χ1v) is 5.55. The van der Waals surface area contributed by atoms with Gasteiger partial charge in [-0.15, -0.1) is 0 Å². The van der Waals surface area contributed by atoms with Crippen LogP contribution in [-0.4, -0.2) is 40.9 Å². The lowest BCUT2D eigenvalue weighted by Gasteiger charge is -2.14. The average molecular weight is 256 g/mol. The summed E-state index contributed by atoms with van der Waals surface area (Å²) in [6.07, 6.45) is 2.88. The molecule has 0 aromatic carbocycles. The van der Waals surface area contributed by atoms with Gasteiger partial charge >= 0.3 is 5.69 Å². The van der Waals surface area contributed by atoms with Gasteiger partial charge in [-0.05, 0) is 6.42 Å². The second-order valence-corrected chi connectivity index (χ2v) is 3.64. The van der Waals surface area contributed by atoms with Gasteiger partial charge in [0.1, 0.15) is 18.4 Å². The van der Waals surface area contributed by atoms with E-state index in [0.29, 0.717) is 19.6 Å². The van der Waals surface area contributed by atoms with Crippen molar-refractivity contribution in [2.45, 2.75) is 19.4 Å². The van der Waals surface area contributed by atoms with Crippen LogP contribution in [0, 0.1) is 10.1 Å². The molecule has 0 saturated heterocycles. The van der Waals surface area contributed by atoms with Crippen LogP contribution in [0.1, 0.15) is 19.4 Å². The van der Waals surface area contributed by atoms with E-state index in [1.54, 1.807) is 7.11 Å². The quantitative estimate of drug-likeness (QED) is 0.435. The first-order valence-electron chi connectivity index (χ1n) is 5.55. The Labute approximate surface area is 104 Å². The molecule has 1 unspecified atom stereocenters. The Hall–Kier alpha value is -1.96. The molecule has 0 aliphatic rings. The van der Waals surface area contributed by atoms with Crippen molar-refractivity contribution in [2.75, 3.05) is 20.3 Å². The van der Waals surface area contributed by atoms with Crippen molar-refractivity contribution in [3.63, 3.8) is 0 Å². The zero-order valence-electron chi connectivity index (χ0n) is 10.3. The highest BCUT2D eigenvalue weighted by atomic mass is 16.6. The number of ether oxygens (including phenoxy) is 1. The van der Waals surface area contributed by atoms with Crippen LogP contribution in [0.15, 0.2) is 12.4 Å². The average Bonchev–Trinajstić information content (AvgIpc) is 2.80. The number of rotatable bonds is 7. The number of hydrogen-bond acceptors (Lipinski definition) is 5. The number of aromatic nitrogens is 2. The van der Waals surface area contributed by atoms with Crippen molar-refractivity contribution < 1.29 is 14.5 Å². The van der Waals surface area contributed by atoms with Crippen LogP contribution >= 0.6 is 0 Å². The third kappa shape index (κ3) is 3.52. The Kier molecular flexibility index (Phi) is 5.25. The molecule has 1 heterocycles. The number of nitro groups is 1. The van der Waals surface area contributed by atoms with Gasteiger partial charge in [-0.2, -0.15) is 5.10 Å². The van der Waals surface area contributed by atoms with Gasteiger partial charge in [0.25, 0.3) is 0 Å². The lowest BCUT2D eigenvalue weighted by atomic mass is 10.2. The second kappa shape index (κ2) is 6.70. The minimum Gasteiger partial charge on any atom is -0.383 e. The summed E-state index contributed by atoms with van der Waals surface area (Å²) in [7, 11) is 1.54. The molecule has 0 fully saturated rings. The molecule has 1 aromatic heterocycles. The van der Waals surface area contributed by atoms with Crippen LogP contribution in [0.25, 0.3) is 0 Å². The predicted octanol–water partition coefficient (Wildman–Crippen LogP) is 0.505. The van der Waals surface area contributed by atoms with E-state index in [-0.39, 0.29) is 11.6 Å². The van der Waals surface area contributed by atoms with Gasteiger partial charge in [0.15, 0.2) is 0 Å². The van der Waals surface area contributed by atoms with Gasteiger partial charge in [0.05, 0.1) is 11.5 Å². The summed E-state index contributed by atoms with van der Waals surface area (Å²) < 4.78 is 6.13. The Morgan fingerprint density at radius 1 is 1.72 bits per heavy atom. The van der Waals surface area contributed by atoms with E-state index in [1.807, 2.05) is 6.92 Å². The lowest BCUT2D eigenvalue weighted by molar-refractivity contribution is -0.385. The Balaban J connectivity index is 2.69.